The Hall–Kier alpha value is -1.55. The predicted molar refractivity (Wildman–Crippen MR) is 79.5 cm³/mol. The first-order chi connectivity index (χ1) is 9.21. The zero-order chi connectivity index (χ0) is 14.1. The number of hydrogen-bond donors (Lipinski definition) is 1. The number of rotatable bonds is 8. The predicted octanol–water partition coefficient (Wildman–Crippen LogP) is 2.55. The highest BCUT2D eigenvalue weighted by Gasteiger charge is 2.00. The highest BCUT2D eigenvalue weighted by atomic mass is 16.5. The fraction of sp³-hybridized carbons (Fsp3) is 0.533. The fourth-order valence-electron chi connectivity index (χ4n) is 1.87. The second-order valence-corrected chi connectivity index (χ2v) is 4.35. The molecule has 0 saturated carbocycles. The molecule has 0 aliphatic carbocycles. The Morgan fingerprint density at radius 1 is 1.32 bits per heavy atom. The molecular formula is C15H24N2O2. The summed E-state index contributed by atoms with van der Waals surface area (Å²) in [6.45, 7) is 8.44. The second-order valence-electron chi connectivity index (χ2n) is 4.35. The van der Waals surface area contributed by atoms with Crippen LogP contribution in [0, 0.1) is 0 Å². The Kier molecular flexibility index (Phi) is 6.97. The van der Waals surface area contributed by atoms with Gasteiger partial charge in [0.15, 0.2) is 11.5 Å². The average molecular weight is 264 g/mol. The standard InChI is InChI=1S/C15H24N2O2/c1-4-17(5-2)10-6-9-16-12-13-7-8-14(18)15(11-13)19-3/h7-8,11-12,18H,4-6,9-10H2,1-3H3/b16-12+. The van der Waals surface area contributed by atoms with E-state index in [1.807, 2.05) is 12.3 Å². The largest absolute Gasteiger partial charge is 0.504 e. The third-order valence-corrected chi connectivity index (χ3v) is 3.10. The normalized spacial score (nSPS) is 11.4. The van der Waals surface area contributed by atoms with Crippen molar-refractivity contribution in [3.63, 3.8) is 0 Å². The molecule has 0 bridgehead atoms. The molecule has 4 heteroatoms. The van der Waals surface area contributed by atoms with Gasteiger partial charge in [-0.1, -0.05) is 13.8 Å². The molecule has 0 aliphatic rings. The maximum absolute atomic E-state index is 9.48. The number of aromatic hydroxyl groups is 1. The van der Waals surface area contributed by atoms with Gasteiger partial charge in [-0.3, -0.25) is 4.99 Å². The average Bonchev–Trinajstić information content (AvgIpc) is 2.44. The van der Waals surface area contributed by atoms with Gasteiger partial charge in [0.05, 0.1) is 7.11 Å². The Morgan fingerprint density at radius 3 is 2.68 bits per heavy atom. The van der Waals surface area contributed by atoms with E-state index >= 15 is 0 Å². The summed E-state index contributed by atoms with van der Waals surface area (Å²) in [5.41, 5.74) is 0.942. The molecule has 0 aliphatic heterocycles. The molecule has 1 aromatic rings. The molecule has 0 radical (unpaired) electrons. The van der Waals surface area contributed by atoms with Crippen LogP contribution < -0.4 is 4.74 Å². The minimum atomic E-state index is 0.154. The van der Waals surface area contributed by atoms with Crippen molar-refractivity contribution >= 4 is 6.21 Å². The monoisotopic (exact) mass is 264 g/mol. The van der Waals surface area contributed by atoms with Crippen LogP contribution in [0.25, 0.3) is 0 Å². The first kappa shape index (κ1) is 15.5. The number of methoxy groups -OCH3 is 1. The van der Waals surface area contributed by atoms with Crippen molar-refractivity contribution in [3.05, 3.63) is 23.8 Å². The van der Waals surface area contributed by atoms with E-state index in [2.05, 4.69) is 23.7 Å². The van der Waals surface area contributed by atoms with Gasteiger partial charge in [0.25, 0.3) is 0 Å². The van der Waals surface area contributed by atoms with Gasteiger partial charge in [0, 0.05) is 12.8 Å². The van der Waals surface area contributed by atoms with Crippen LogP contribution in [0.4, 0.5) is 0 Å². The summed E-state index contributed by atoms with van der Waals surface area (Å²) >= 11 is 0. The van der Waals surface area contributed by atoms with E-state index in [9.17, 15) is 5.11 Å². The lowest BCUT2D eigenvalue weighted by Gasteiger charge is -2.16. The Bertz CT molecular complexity index is 401. The Balaban J connectivity index is 2.40. The molecule has 0 atom stereocenters. The smallest absolute Gasteiger partial charge is 0.161 e. The minimum Gasteiger partial charge on any atom is -0.504 e. The van der Waals surface area contributed by atoms with Crippen molar-refractivity contribution < 1.29 is 9.84 Å². The van der Waals surface area contributed by atoms with Crippen LogP contribution in [-0.2, 0) is 0 Å². The molecule has 0 fully saturated rings. The minimum absolute atomic E-state index is 0.154. The molecule has 4 nitrogen and oxygen atoms in total. The number of benzene rings is 1. The lowest BCUT2D eigenvalue weighted by molar-refractivity contribution is 0.302. The van der Waals surface area contributed by atoms with E-state index in [1.165, 1.54) is 0 Å². The number of phenolic OH excluding ortho intramolecular Hbond substituents is 1. The van der Waals surface area contributed by atoms with E-state index in [-0.39, 0.29) is 5.75 Å². The lowest BCUT2D eigenvalue weighted by atomic mass is 10.2. The highest BCUT2D eigenvalue weighted by molar-refractivity contribution is 5.80. The van der Waals surface area contributed by atoms with E-state index in [4.69, 9.17) is 4.74 Å². The number of phenols is 1. The molecule has 0 unspecified atom stereocenters. The summed E-state index contributed by atoms with van der Waals surface area (Å²) < 4.78 is 5.06. The van der Waals surface area contributed by atoms with Gasteiger partial charge in [0.1, 0.15) is 0 Å². The van der Waals surface area contributed by atoms with Gasteiger partial charge in [-0.2, -0.15) is 0 Å². The van der Waals surface area contributed by atoms with Gasteiger partial charge in [0.2, 0.25) is 0 Å². The SMILES string of the molecule is CCN(CC)CCC/N=C/c1ccc(O)c(OC)c1. The van der Waals surface area contributed by atoms with Crippen LogP contribution in [-0.4, -0.2) is 49.5 Å². The third-order valence-electron chi connectivity index (χ3n) is 3.10. The maximum atomic E-state index is 9.48. The van der Waals surface area contributed by atoms with Gasteiger partial charge in [-0.15, -0.1) is 0 Å². The van der Waals surface area contributed by atoms with Gasteiger partial charge < -0.3 is 14.7 Å². The van der Waals surface area contributed by atoms with Gasteiger partial charge in [-0.25, -0.2) is 0 Å². The van der Waals surface area contributed by atoms with Crippen molar-refractivity contribution in [2.75, 3.05) is 33.3 Å². The molecule has 0 aromatic heterocycles. The molecule has 0 heterocycles. The van der Waals surface area contributed by atoms with Crippen LogP contribution in [0.2, 0.25) is 0 Å². The van der Waals surface area contributed by atoms with Crippen LogP contribution in [0.5, 0.6) is 11.5 Å². The molecule has 1 rings (SSSR count). The summed E-state index contributed by atoms with van der Waals surface area (Å²) in [6.07, 6.45) is 2.89. The molecule has 0 spiro atoms. The Morgan fingerprint density at radius 2 is 2.05 bits per heavy atom. The van der Waals surface area contributed by atoms with E-state index < -0.39 is 0 Å². The molecule has 0 saturated heterocycles. The van der Waals surface area contributed by atoms with Crippen molar-refractivity contribution in [3.8, 4) is 11.5 Å². The lowest BCUT2D eigenvalue weighted by Crippen LogP contribution is -2.24. The molecule has 1 N–H and O–H groups in total. The number of nitrogens with zero attached hydrogens (tertiary/aromatic N) is 2. The second kappa shape index (κ2) is 8.53. The summed E-state index contributed by atoms with van der Waals surface area (Å²) in [6, 6.07) is 5.23. The maximum Gasteiger partial charge on any atom is 0.161 e. The van der Waals surface area contributed by atoms with Crippen molar-refractivity contribution in [1.29, 1.82) is 0 Å². The summed E-state index contributed by atoms with van der Waals surface area (Å²) in [5.74, 6) is 0.633. The van der Waals surface area contributed by atoms with Crippen LogP contribution >= 0.6 is 0 Å². The molecular weight excluding hydrogens is 240 g/mol. The third kappa shape index (κ3) is 5.30. The Labute approximate surface area is 115 Å². The van der Waals surface area contributed by atoms with Crippen molar-refractivity contribution in [2.45, 2.75) is 20.3 Å². The quantitative estimate of drug-likeness (QED) is 0.580. The number of aliphatic imine (C=N–C) groups is 1. The van der Waals surface area contributed by atoms with Crippen molar-refractivity contribution in [2.24, 2.45) is 4.99 Å². The summed E-state index contributed by atoms with van der Waals surface area (Å²) in [7, 11) is 1.54. The highest BCUT2D eigenvalue weighted by Crippen LogP contribution is 2.25. The first-order valence-electron chi connectivity index (χ1n) is 6.80. The van der Waals surface area contributed by atoms with Crippen LogP contribution in [0.15, 0.2) is 23.2 Å². The van der Waals surface area contributed by atoms with Gasteiger partial charge in [-0.05, 0) is 49.8 Å². The fourth-order valence-corrected chi connectivity index (χ4v) is 1.87. The molecule has 19 heavy (non-hydrogen) atoms. The first-order valence-corrected chi connectivity index (χ1v) is 6.80. The zero-order valence-electron chi connectivity index (χ0n) is 12.1. The molecule has 1 aromatic carbocycles. The number of ether oxygens (including phenoxy) is 1. The van der Waals surface area contributed by atoms with E-state index in [0.717, 1.165) is 38.2 Å². The molecule has 0 amide bonds. The molecule has 106 valence electrons. The number of hydrogen-bond acceptors (Lipinski definition) is 4. The topological polar surface area (TPSA) is 45.1 Å². The van der Waals surface area contributed by atoms with Crippen LogP contribution in [0.3, 0.4) is 0 Å². The van der Waals surface area contributed by atoms with Crippen LogP contribution in [0.1, 0.15) is 25.8 Å². The van der Waals surface area contributed by atoms with E-state index in [0.29, 0.717) is 5.75 Å². The zero-order valence-corrected chi connectivity index (χ0v) is 12.1. The van der Waals surface area contributed by atoms with E-state index in [1.54, 1.807) is 19.2 Å². The summed E-state index contributed by atoms with van der Waals surface area (Å²) in [5, 5.41) is 9.48. The summed E-state index contributed by atoms with van der Waals surface area (Å²) in [4.78, 5) is 6.79. The van der Waals surface area contributed by atoms with Crippen molar-refractivity contribution in [1.82, 2.24) is 4.90 Å². The van der Waals surface area contributed by atoms with Gasteiger partial charge >= 0.3 is 0 Å².